The Morgan fingerprint density at radius 3 is 1.97 bits per heavy atom. The van der Waals surface area contributed by atoms with Crippen molar-refractivity contribution in [2.24, 2.45) is 5.92 Å². The van der Waals surface area contributed by atoms with Crippen LogP contribution >= 0.6 is 0 Å². The van der Waals surface area contributed by atoms with Gasteiger partial charge in [0.15, 0.2) is 0 Å². The van der Waals surface area contributed by atoms with Gasteiger partial charge in [-0.15, -0.1) is 53.6 Å². The van der Waals surface area contributed by atoms with Crippen LogP contribution in [-0.2, 0) is 23.3 Å². The van der Waals surface area contributed by atoms with Crippen LogP contribution < -0.4 is 0 Å². The molecule has 0 saturated heterocycles. The summed E-state index contributed by atoms with van der Waals surface area (Å²) in [6, 6.07) is 15.4. The zero-order valence-corrected chi connectivity index (χ0v) is 25.1. The first-order valence-electron chi connectivity index (χ1n) is 10.5. The molecular formula is C30H38SiZr-4. The van der Waals surface area contributed by atoms with E-state index in [0.717, 1.165) is 0 Å². The molecule has 0 amide bonds. The Kier molecular flexibility index (Phi) is 12.8. The summed E-state index contributed by atoms with van der Waals surface area (Å²) in [5, 5.41) is 2.69. The molecular weight excluding hydrogens is 480 g/mol. The molecule has 0 fully saturated rings. The van der Waals surface area contributed by atoms with Crippen LogP contribution in [-0.4, -0.2) is 6.88 Å². The van der Waals surface area contributed by atoms with Gasteiger partial charge < -0.3 is 14.9 Å². The van der Waals surface area contributed by atoms with Crippen molar-refractivity contribution in [1.29, 1.82) is 0 Å². The van der Waals surface area contributed by atoms with Gasteiger partial charge in [-0.25, -0.2) is 5.57 Å². The minimum absolute atomic E-state index is 0. The van der Waals surface area contributed by atoms with E-state index in [0.29, 0.717) is 5.92 Å². The monoisotopic (exact) mass is 516 g/mol. The molecule has 2 radical (unpaired) electrons. The van der Waals surface area contributed by atoms with E-state index in [-0.39, 0.29) is 14.9 Å². The third kappa shape index (κ3) is 6.36. The Labute approximate surface area is 214 Å². The molecule has 0 bridgehead atoms. The van der Waals surface area contributed by atoms with Crippen molar-refractivity contribution < 1.29 is 23.3 Å². The van der Waals surface area contributed by atoms with Gasteiger partial charge in [0.1, 0.15) is 0 Å². The number of allylic oxidation sites excluding steroid dienone is 4. The van der Waals surface area contributed by atoms with Crippen molar-refractivity contribution in [2.75, 3.05) is 0 Å². The maximum atomic E-state index is 3.36. The minimum atomic E-state index is 0. The van der Waals surface area contributed by atoms with Gasteiger partial charge in [0.05, 0.1) is 0 Å². The van der Waals surface area contributed by atoms with Crippen LogP contribution in [0.25, 0.3) is 21.9 Å². The molecule has 0 aliphatic heterocycles. The Morgan fingerprint density at radius 2 is 1.47 bits per heavy atom. The first-order chi connectivity index (χ1) is 14.2. The van der Waals surface area contributed by atoms with Gasteiger partial charge in [-0.05, 0) is 44.4 Å². The molecule has 0 spiro atoms. The predicted octanol–water partition coefficient (Wildman–Crippen LogP) is 8.70. The van der Waals surface area contributed by atoms with Gasteiger partial charge in [-0.2, -0.15) is 11.1 Å². The van der Waals surface area contributed by atoms with Gasteiger partial charge in [0.2, 0.25) is 0 Å². The molecule has 1 aliphatic carbocycles. The van der Waals surface area contributed by atoms with E-state index in [1.54, 1.807) is 0 Å². The van der Waals surface area contributed by atoms with Crippen LogP contribution in [0, 0.1) is 54.5 Å². The fourth-order valence-corrected chi connectivity index (χ4v) is 4.23. The fourth-order valence-electron chi connectivity index (χ4n) is 4.23. The van der Waals surface area contributed by atoms with Gasteiger partial charge in [-0.1, -0.05) is 49.9 Å². The van der Waals surface area contributed by atoms with Crippen LogP contribution in [0.3, 0.4) is 0 Å². The molecule has 1 unspecified atom stereocenters. The van der Waals surface area contributed by atoms with Crippen LogP contribution in [0.15, 0.2) is 59.2 Å². The Bertz CT molecular complexity index is 1110. The molecule has 0 heterocycles. The third-order valence-corrected chi connectivity index (χ3v) is 6.54. The zero-order valence-electron chi connectivity index (χ0n) is 21.6. The van der Waals surface area contributed by atoms with Crippen LogP contribution in [0.5, 0.6) is 0 Å². The summed E-state index contributed by atoms with van der Waals surface area (Å²) in [6.07, 6.45) is 3.36. The van der Waals surface area contributed by atoms with Gasteiger partial charge in [-0.3, -0.25) is 6.08 Å². The average Bonchev–Trinajstić information content (AvgIpc) is 3.25. The number of aryl methyl sites for hydroxylation is 2. The molecule has 0 nitrogen and oxygen atoms in total. The van der Waals surface area contributed by atoms with Crippen LogP contribution in [0.1, 0.15) is 49.9 Å². The SMILES string of the molecule is CC1=[C-]C(C)C(C)=C1C.Cc1cc(C)c(-c2c[cH-]c3ccccc23)c(C)c1C.[CH3-].[CH3-].[Si]=[Zr]. The standard InChI is InChI=1S/C19H19.C9H13.2CH3.Si.Zr/c1-12-11-13(2)19(15(4)14(12)3)18-10-9-16-7-5-6-8-17(16)18;1-6-5-7(2)9(4)8(6)3;;;;/h5-11H,1-4H3;6H,1-4H3;2*1H3;;/q4*-1;;. The third-order valence-electron chi connectivity index (χ3n) is 6.54. The first-order valence-corrected chi connectivity index (χ1v) is 14.7. The number of hydrogen-bond acceptors (Lipinski definition) is 0. The summed E-state index contributed by atoms with van der Waals surface area (Å²) >= 11 is 1.36. The molecule has 32 heavy (non-hydrogen) atoms. The second-order valence-electron chi connectivity index (χ2n) is 8.27. The summed E-state index contributed by atoms with van der Waals surface area (Å²) in [5.74, 6) is 0.560. The Morgan fingerprint density at radius 1 is 0.875 bits per heavy atom. The molecule has 170 valence electrons. The van der Waals surface area contributed by atoms with Crippen molar-refractivity contribution in [3.63, 3.8) is 0 Å². The van der Waals surface area contributed by atoms with Gasteiger partial charge in [0, 0.05) is 0 Å². The maximum absolute atomic E-state index is 3.36. The second kappa shape index (κ2) is 13.4. The molecule has 3 aromatic carbocycles. The molecule has 0 saturated carbocycles. The quantitative estimate of drug-likeness (QED) is 0.224. The van der Waals surface area contributed by atoms with E-state index in [4.69, 9.17) is 0 Å². The molecule has 1 aliphatic rings. The number of fused-ring (bicyclic) bond motifs is 1. The van der Waals surface area contributed by atoms with Crippen molar-refractivity contribution in [1.82, 2.24) is 0 Å². The van der Waals surface area contributed by atoms with E-state index < -0.39 is 0 Å². The van der Waals surface area contributed by atoms with Crippen LogP contribution in [0.2, 0.25) is 0 Å². The van der Waals surface area contributed by atoms with E-state index >= 15 is 0 Å². The van der Waals surface area contributed by atoms with Crippen molar-refractivity contribution in [2.45, 2.75) is 55.4 Å². The molecule has 2 heteroatoms. The van der Waals surface area contributed by atoms with Gasteiger partial charge in [0.25, 0.3) is 0 Å². The molecule has 0 N–H and O–H groups in total. The first kappa shape index (κ1) is 30.6. The van der Waals surface area contributed by atoms with Crippen molar-refractivity contribution >= 4 is 17.7 Å². The Balaban J connectivity index is 0.000000632. The van der Waals surface area contributed by atoms with Crippen molar-refractivity contribution in [3.8, 4) is 11.1 Å². The summed E-state index contributed by atoms with van der Waals surface area (Å²) in [7, 11) is 0. The fraction of sp³-hybridized carbons (Fsp3) is 0.300. The van der Waals surface area contributed by atoms with Crippen molar-refractivity contribution in [3.05, 3.63) is 102 Å². The summed E-state index contributed by atoms with van der Waals surface area (Å²) in [4.78, 5) is 0. The summed E-state index contributed by atoms with van der Waals surface area (Å²) < 4.78 is 0. The normalized spacial score (nSPS) is 14.3. The van der Waals surface area contributed by atoms with Crippen LogP contribution in [0.4, 0.5) is 0 Å². The molecule has 3 aromatic rings. The van der Waals surface area contributed by atoms with E-state index in [1.807, 2.05) is 0 Å². The number of rotatable bonds is 1. The molecule has 0 aromatic heterocycles. The van der Waals surface area contributed by atoms with E-state index in [1.165, 1.54) is 84.2 Å². The zero-order chi connectivity index (χ0) is 22.6. The number of benzene rings is 2. The molecule has 4 rings (SSSR count). The predicted molar refractivity (Wildman–Crippen MR) is 142 cm³/mol. The van der Waals surface area contributed by atoms with E-state index in [2.05, 4.69) is 111 Å². The average molecular weight is 518 g/mol. The summed E-state index contributed by atoms with van der Waals surface area (Å²) in [6.45, 7) is 20.6. The second-order valence-corrected chi connectivity index (χ2v) is 8.27. The number of hydrogen-bond donors (Lipinski definition) is 0. The Hall–Kier alpha value is -1.37. The summed E-state index contributed by atoms with van der Waals surface area (Å²) in [5.41, 5.74) is 12.6. The van der Waals surface area contributed by atoms with E-state index in [9.17, 15) is 0 Å². The topological polar surface area (TPSA) is 0 Å². The van der Waals surface area contributed by atoms with Gasteiger partial charge >= 0.3 is 30.2 Å². The molecule has 1 atom stereocenters.